The number of nitrogens with one attached hydrogen (secondary N) is 2. The number of carbonyl (C=O) groups excluding carboxylic acids is 2. The predicted molar refractivity (Wildman–Crippen MR) is 123 cm³/mol. The molecule has 2 N–H and O–H groups in total. The van der Waals surface area contributed by atoms with Crippen LogP contribution in [0.5, 0.6) is 5.75 Å². The molecule has 2 amide bonds. The maximum Gasteiger partial charge on any atom is 0.259 e. The van der Waals surface area contributed by atoms with Gasteiger partial charge in [0.25, 0.3) is 5.91 Å². The van der Waals surface area contributed by atoms with E-state index in [1.807, 2.05) is 24.3 Å². The molecule has 0 aromatic heterocycles. The van der Waals surface area contributed by atoms with Crippen LogP contribution in [0.25, 0.3) is 10.8 Å². The van der Waals surface area contributed by atoms with E-state index >= 15 is 0 Å². The number of methoxy groups -OCH3 is 1. The van der Waals surface area contributed by atoms with E-state index in [1.165, 1.54) is 30.2 Å². The molecule has 0 radical (unpaired) electrons. The molecule has 3 aromatic rings. The highest BCUT2D eigenvalue weighted by molar-refractivity contribution is 7.89. The zero-order valence-electron chi connectivity index (χ0n) is 17.9. The summed E-state index contributed by atoms with van der Waals surface area (Å²) in [6.45, 7) is 3.21. The highest BCUT2D eigenvalue weighted by Gasteiger charge is 2.31. The van der Waals surface area contributed by atoms with E-state index in [4.69, 9.17) is 4.74 Å². The molecule has 0 atom stereocenters. The van der Waals surface area contributed by atoms with Crippen LogP contribution in [0.3, 0.4) is 0 Å². The van der Waals surface area contributed by atoms with Gasteiger partial charge in [0.05, 0.1) is 23.4 Å². The smallest absolute Gasteiger partial charge is 0.259 e. The minimum Gasteiger partial charge on any atom is -0.495 e. The van der Waals surface area contributed by atoms with E-state index in [2.05, 4.69) is 10.0 Å². The third kappa shape index (κ3) is 3.92. The molecule has 4 rings (SSSR count). The monoisotopic (exact) mass is 453 g/mol. The molecule has 0 bridgehead atoms. The Morgan fingerprint density at radius 1 is 1.09 bits per heavy atom. The number of amides is 2. The molecule has 0 saturated heterocycles. The average molecular weight is 454 g/mol. The van der Waals surface area contributed by atoms with Gasteiger partial charge in [-0.15, -0.1) is 0 Å². The molecule has 1 aliphatic heterocycles. The number of hydrogen-bond donors (Lipinski definition) is 2. The van der Waals surface area contributed by atoms with Crippen molar-refractivity contribution in [2.45, 2.75) is 24.8 Å². The van der Waals surface area contributed by atoms with Crippen LogP contribution in [0, 0.1) is 0 Å². The van der Waals surface area contributed by atoms with Crippen LogP contribution in [0.15, 0.2) is 59.5 Å². The SMILES string of the molecule is COc1ccc(S(=O)(=O)NC(C)C)cc1NC(=O)CN1C(=O)c2cccc3cccc1c23. The molecule has 9 heteroatoms. The number of sulfonamides is 1. The zero-order valence-corrected chi connectivity index (χ0v) is 18.7. The molecule has 8 nitrogen and oxygen atoms in total. The van der Waals surface area contributed by atoms with Gasteiger partial charge in [-0.3, -0.25) is 14.5 Å². The Labute approximate surface area is 186 Å². The Hall–Kier alpha value is -3.43. The number of carbonyl (C=O) groups is 2. The van der Waals surface area contributed by atoms with Gasteiger partial charge in [0.15, 0.2) is 0 Å². The maximum atomic E-state index is 12.9. The molecule has 3 aromatic carbocycles. The van der Waals surface area contributed by atoms with E-state index < -0.39 is 15.9 Å². The molecular weight excluding hydrogens is 430 g/mol. The van der Waals surface area contributed by atoms with Crippen molar-refractivity contribution in [2.24, 2.45) is 0 Å². The van der Waals surface area contributed by atoms with Crippen LogP contribution in [0.2, 0.25) is 0 Å². The molecule has 0 fully saturated rings. The van der Waals surface area contributed by atoms with Crippen molar-refractivity contribution in [1.82, 2.24) is 4.72 Å². The molecule has 0 aliphatic carbocycles. The Morgan fingerprint density at radius 2 is 1.81 bits per heavy atom. The number of benzene rings is 3. The fourth-order valence-corrected chi connectivity index (χ4v) is 5.08. The lowest BCUT2D eigenvalue weighted by atomic mass is 10.1. The Bertz CT molecular complexity index is 1330. The average Bonchev–Trinajstić information content (AvgIpc) is 3.01. The van der Waals surface area contributed by atoms with E-state index in [0.717, 1.165) is 10.8 Å². The first-order chi connectivity index (χ1) is 15.2. The number of rotatable bonds is 7. The minimum absolute atomic E-state index is 0.00304. The van der Waals surface area contributed by atoms with Crippen molar-refractivity contribution in [3.63, 3.8) is 0 Å². The van der Waals surface area contributed by atoms with E-state index in [9.17, 15) is 18.0 Å². The summed E-state index contributed by atoms with van der Waals surface area (Å²) in [6.07, 6.45) is 0. The van der Waals surface area contributed by atoms with Gasteiger partial charge < -0.3 is 10.1 Å². The summed E-state index contributed by atoms with van der Waals surface area (Å²) in [4.78, 5) is 27.2. The third-order valence-electron chi connectivity index (χ3n) is 5.10. The standard InChI is InChI=1S/C23H23N3O5S/c1-14(2)25-32(29,30)16-10-11-20(31-3)18(12-16)24-21(27)13-26-19-9-5-7-15-6-4-8-17(22(15)19)23(26)28/h4-12,14,25H,13H2,1-3H3,(H,24,27). The Morgan fingerprint density at radius 3 is 2.50 bits per heavy atom. The van der Waals surface area contributed by atoms with Crippen LogP contribution in [-0.2, 0) is 14.8 Å². The molecule has 1 heterocycles. The molecule has 166 valence electrons. The lowest BCUT2D eigenvalue weighted by Crippen LogP contribution is -2.35. The number of nitrogens with zero attached hydrogens (tertiary/aromatic N) is 1. The van der Waals surface area contributed by atoms with Gasteiger partial charge in [-0.1, -0.05) is 24.3 Å². The summed E-state index contributed by atoms with van der Waals surface area (Å²) >= 11 is 0. The van der Waals surface area contributed by atoms with Crippen LogP contribution >= 0.6 is 0 Å². The van der Waals surface area contributed by atoms with Gasteiger partial charge in [-0.25, -0.2) is 13.1 Å². The summed E-state index contributed by atoms with van der Waals surface area (Å²) in [5.74, 6) is -0.427. The van der Waals surface area contributed by atoms with Crippen molar-refractivity contribution in [3.05, 3.63) is 60.2 Å². The Balaban J connectivity index is 1.59. The van der Waals surface area contributed by atoms with Crippen molar-refractivity contribution in [2.75, 3.05) is 23.9 Å². The summed E-state index contributed by atoms with van der Waals surface area (Å²) in [6, 6.07) is 15.0. The third-order valence-corrected chi connectivity index (χ3v) is 6.75. The molecule has 0 saturated carbocycles. The van der Waals surface area contributed by atoms with Gasteiger partial charge in [-0.05, 0) is 49.6 Å². The van der Waals surface area contributed by atoms with Crippen LogP contribution in [-0.4, -0.2) is 39.9 Å². The second kappa shape index (κ2) is 8.25. The quantitative estimate of drug-likeness (QED) is 0.572. The lowest BCUT2D eigenvalue weighted by molar-refractivity contribution is -0.114. The number of ether oxygens (including phenoxy) is 1. The second-order valence-corrected chi connectivity index (χ2v) is 9.47. The highest BCUT2D eigenvalue weighted by atomic mass is 32.2. The van der Waals surface area contributed by atoms with Gasteiger partial charge in [0.2, 0.25) is 15.9 Å². The fraction of sp³-hybridized carbons (Fsp3) is 0.217. The van der Waals surface area contributed by atoms with Crippen molar-refractivity contribution in [1.29, 1.82) is 0 Å². The first kappa shape index (κ1) is 21.8. The highest BCUT2D eigenvalue weighted by Crippen LogP contribution is 2.37. The van der Waals surface area contributed by atoms with Crippen molar-refractivity contribution in [3.8, 4) is 5.75 Å². The van der Waals surface area contributed by atoms with Gasteiger partial charge in [0.1, 0.15) is 12.3 Å². The molecular formula is C23H23N3O5S. The van der Waals surface area contributed by atoms with Crippen LogP contribution in [0.1, 0.15) is 24.2 Å². The minimum atomic E-state index is -3.76. The lowest BCUT2D eigenvalue weighted by Gasteiger charge is -2.18. The van der Waals surface area contributed by atoms with Gasteiger partial charge in [0, 0.05) is 17.0 Å². The summed E-state index contributed by atoms with van der Waals surface area (Å²) < 4.78 is 32.8. The zero-order chi connectivity index (χ0) is 23.0. The molecule has 0 spiro atoms. The fourth-order valence-electron chi connectivity index (χ4n) is 3.80. The normalized spacial score (nSPS) is 13.1. The van der Waals surface area contributed by atoms with Gasteiger partial charge in [-0.2, -0.15) is 0 Å². The van der Waals surface area contributed by atoms with Crippen molar-refractivity contribution >= 4 is 44.0 Å². The molecule has 0 unspecified atom stereocenters. The van der Waals surface area contributed by atoms with Gasteiger partial charge >= 0.3 is 0 Å². The number of hydrogen-bond acceptors (Lipinski definition) is 5. The summed E-state index contributed by atoms with van der Waals surface area (Å²) in [5, 5.41) is 4.43. The molecule has 32 heavy (non-hydrogen) atoms. The van der Waals surface area contributed by atoms with Crippen LogP contribution in [0.4, 0.5) is 11.4 Å². The van der Waals surface area contributed by atoms with E-state index in [0.29, 0.717) is 17.0 Å². The second-order valence-electron chi connectivity index (χ2n) is 7.76. The summed E-state index contributed by atoms with van der Waals surface area (Å²) in [5.41, 5.74) is 1.42. The van der Waals surface area contributed by atoms with E-state index in [1.54, 1.807) is 26.0 Å². The topological polar surface area (TPSA) is 105 Å². The predicted octanol–water partition coefficient (Wildman–Crippen LogP) is 3.13. The Kier molecular flexibility index (Phi) is 5.62. The van der Waals surface area contributed by atoms with Crippen LogP contribution < -0.4 is 19.7 Å². The largest absolute Gasteiger partial charge is 0.495 e. The summed E-state index contributed by atoms with van der Waals surface area (Å²) in [7, 11) is -2.33. The first-order valence-electron chi connectivity index (χ1n) is 10.0. The number of anilines is 2. The van der Waals surface area contributed by atoms with Crippen molar-refractivity contribution < 1.29 is 22.7 Å². The van der Waals surface area contributed by atoms with E-state index in [-0.39, 0.29) is 29.1 Å². The first-order valence-corrected chi connectivity index (χ1v) is 11.5. The maximum absolute atomic E-state index is 12.9. The molecule has 1 aliphatic rings.